The topological polar surface area (TPSA) is 75.6 Å². The van der Waals surface area contributed by atoms with Crippen LogP contribution in [0, 0.1) is 0 Å². The van der Waals surface area contributed by atoms with Gasteiger partial charge in [0.2, 0.25) is 5.91 Å². The van der Waals surface area contributed by atoms with Gasteiger partial charge in [-0.2, -0.15) is 11.8 Å². The zero-order chi connectivity index (χ0) is 12.7. The van der Waals surface area contributed by atoms with E-state index in [-0.39, 0.29) is 5.91 Å². The lowest BCUT2D eigenvalue weighted by atomic mass is 10.2. The molecule has 1 aliphatic rings. The Hall–Kier alpha value is -0.750. The first-order valence-corrected chi connectivity index (χ1v) is 7.04. The van der Waals surface area contributed by atoms with Crippen LogP contribution in [0.5, 0.6) is 0 Å². The number of amides is 1. The Kier molecular flexibility index (Phi) is 6.36. The first kappa shape index (κ1) is 14.3. The van der Waals surface area contributed by atoms with Crippen LogP contribution in [0.25, 0.3) is 0 Å². The van der Waals surface area contributed by atoms with Crippen LogP contribution in [0.4, 0.5) is 0 Å². The number of hydrogen-bond acceptors (Lipinski definition) is 4. The average molecular weight is 261 g/mol. The smallest absolute Gasteiger partial charge is 0.332 e. The summed E-state index contributed by atoms with van der Waals surface area (Å²) >= 11 is 1.84. The van der Waals surface area contributed by atoms with E-state index in [2.05, 4.69) is 12.2 Å². The van der Waals surface area contributed by atoms with Gasteiger partial charge in [-0.1, -0.05) is 6.92 Å². The first-order valence-electron chi connectivity index (χ1n) is 5.89. The summed E-state index contributed by atoms with van der Waals surface area (Å²) in [7, 11) is 0. The fourth-order valence-corrected chi connectivity index (χ4v) is 2.29. The quantitative estimate of drug-likeness (QED) is 0.665. The maximum Gasteiger partial charge on any atom is 0.332 e. The number of ether oxygens (including phenoxy) is 1. The van der Waals surface area contributed by atoms with Crippen molar-refractivity contribution >= 4 is 23.6 Å². The maximum absolute atomic E-state index is 11.6. The second-order valence-electron chi connectivity index (χ2n) is 3.87. The van der Waals surface area contributed by atoms with Crippen LogP contribution in [0.1, 0.15) is 26.2 Å². The molecule has 1 fully saturated rings. The number of carbonyl (C=O) groups excluding carboxylic acids is 1. The van der Waals surface area contributed by atoms with E-state index in [4.69, 9.17) is 9.84 Å². The summed E-state index contributed by atoms with van der Waals surface area (Å²) in [5.74, 6) is 0.940. The van der Waals surface area contributed by atoms with Crippen LogP contribution in [0.15, 0.2) is 0 Å². The van der Waals surface area contributed by atoms with Crippen LogP contribution in [-0.2, 0) is 14.3 Å². The van der Waals surface area contributed by atoms with Crippen LogP contribution < -0.4 is 5.32 Å². The molecule has 1 heterocycles. The van der Waals surface area contributed by atoms with Gasteiger partial charge in [0, 0.05) is 6.54 Å². The fourth-order valence-electron chi connectivity index (χ4n) is 1.66. The molecule has 1 saturated heterocycles. The van der Waals surface area contributed by atoms with Gasteiger partial charge in [-0.05, 0) is 30.8 Å². The van der Waals surface area contributed by atoms with Crippen molar-refractivity contribution in [2.45, 2.75) is 38.4 Å². The van der Waals surface area contributed by atoms with Gasteiger partial charge in [-0.25, -0.2) is 4.79 Å². The largest absolute Gasteiger partial charge is 0.479 e. The molecule has 0 spiro atoms. The lowest BCUT2D eigenvalue weighted by molar-refractivity contribution is -0.151. The molecule has 0 aromatic heterocycles. The molecule has 2 atom stereocenters. The minimum absolute atomic E-state index is 0.185. The Morgan fingerprint density at radius 2 is 2.12 bits per heavy atom. The zero-order valence-electron chi connectivity index (χ0n) is 9.98. The van der Waals surface area contributed by atoms with Crippen molar-refractivity contribution in [2.75, 3.05) is 18.1 Å². The van der Waals surface area contributed by atoms with Crippen molar-refractivity contribution in [3.8, 4) is 0 Å². The Labute approximate surface area is 105 Å². The number of carboxylic acids is 1. The molecule has 0 bridgehead atoms. The Morgan fingerprint density at radius 3 is 2.71 bits per heavy atom. The van der Waals surface area contributed by atoms with Crippen LogP contribution in [0.2, 0.25) is 0 Å². The lowest BCUT2D eigenvalue weighted by Gasteiger charge is -2.11. The molecule has 1 amide bonds. The molecule has 0 unspecified atom stereocenters. The minimum Gasteiger partial charge on any atom is -0.479 e. The number of aliphatic carboxylic acids is 1. The van der Waals surface area contributed by atoms with Gasteiger partial charge >= 0.3 is 5.97 Å². The molecule has 0 aliphatic carbocycles. The third-order valence-corrected chi connectivity index (χ3v) is 3.54. The molecule has 6 heteroatoms. The molecular weight excluding hydrogens is 242 g/mol. The SMILES string of the molecule is CCSCCCNC(=O)[C@@H]1CC[C@H](C(=O)O)O1. The Bertz CT molecular complexity index is 272. The third-order valence-electron chi connectivity index (χ3n) is 2.56. The van der Waals surface area contributed by atoms with E-state index in [0.29, 0.717) is 19.4 Å². The number of thioether (sulfide) groups is 1. The summed E-state index contributed by atoms with van der Waals surface area (Å²) in [4.78, 5) is 22.3. The fraction of sp³-hybridized carbons (Fsp3) is 0.818. The highest BCUT2D eigenvalue weighted by Gasteiger charge is 2.34. The predicted molar refractivity (Wildman–Crippen MR) is 66.2 cm³/mol. The number of carboxylic acid groups (broad SMARTS) is 1. The van der Waals surface area contributed by atoms with Gasteiger partial charge < -0.3 is 15.2 Å². The van der Waals surface area contributed by atoms with Gasteiger partial charge in [0.1, 0.15) is 6.10 Å². The molecule has 1 rings (SSSR count). The summed E-state index contributed by atoms with van der Waals surface area (Å²) in [6.07, 6.45) is 0.432. The van der Waals surface area contributed by atoms with Crippen molar-refractivity contribution in [2.24, 2.45) is 0 Å². The highest BCUT2D eigenvalue weighted by molar-refractivity contribution is 7.99. The molecule has 0 aromatic carbocycles. The molecule has 5 nitrogen and oxygen atoms in total. The van der Waals surface area contributed by atoms with E-state index in [9.17, 15) is 9.59 Å². The molecule has 0 saturated carbocycles. The van der Waals surface area contributed by atoms with Crippen LogP contribution >= 0.6 is 11.8 Å². The number of rotatable bonds is 7. The highest BCUT2D eigenvalue weighted by atomic mass is 32.2. The molecule has 0 aromatic rings. The van der Waals surface area contributed by atoms with E-state index in [1.165, 1.54) is 0 Å². The van der Waals surface area contributed by atoms with E-state index in [1.54, 1.807) is 0 Å². The van der Waals surface area contributed by atoms with E-state index < -0.39 is 18.2 Å². The van der Waals surface area contributed by atoms with Crippen LogP contribution in [-0.4, -0.2) is 47.2 Å². The molecule has 17 heavy (non-hydrogen) atoms. The lowest BCUT2D eigenvalue weighted by Crippen LogP contribution is -2.36. The number of nitrogens with one attached hydrogen (secondary N) is 1. The summed E-state index contributed by atoms with van der Waals surface area (Å²) in [6, 6.07) is 0. The summed E-state index contributed by atoms with van der Waals surface area (Å²) in [5, 5.41) is 11.5. The van der Waals surface area contributed by atoms with Crippen molar-refractivity contribution < 1.29 is 19.4 Å². The highest BCUT2D eigenvalue weighted by Crippen LogP contribution is 2.19. The summed E-state index contributed by atoms with van der Waals surface area (Å²) < 4.78 is 5.15. The number of carbonyl (C=O) groups is 2. The van der Waals surface area contributed by atoms with Crippen molar-refractivity contribution in [3.05, 3.63) is 0 Å². The predicted octanol–water partition coefficient (Wildman–Crippen LogP) is 0.878. The van der Waals surface area contributed by atoms with E-state index in [1.807, 2.05) is 11.8 Å². The minimum atomic E-state index is -0.986. The second kappa shape index (κ2) is 7.55. The first-order chi connectivity index (χ1) is 8.15. The summed E-state index contributed by atoms with van der Waals surface area (Å²) in [6.45, 7) is 2.73. The molecule has 1 aliphatic heterocycles. The standard InChI is InChI=1S/C11H19NO4S/c1-2-17-7-3-6-12-10(13)8-4-5-9(16-8)11(14)15/h8-9H,2-7H2,1H3,(H,12,13)(H,14,15)/t8-,9+/m0/s1. The number of hydrogen-bond donors (Lipinski definition) is 2. The van der Waals surface area contributed by atoms with Gasteiger partial charge in [0.05, 0.1) is 0 Å². The van der Waals surface area contributed by atoms with E-state index in [0.717, 1.165) is 17.9 Å². The molecule has 0 radical (unpaired) electrons. The second-order valence-corrected chi connectivity index (χ2v) is 5.26. The van der Waals surface area contributed by atoms with Gasteiger partial charge in [-0.3, -0.25) is 4.79 Å². The molecule has 98 valence electrons. The molecule has 2 N–H and O–H groups in total. The van der Waals surface area contributed by atoms with E-state index >= 15 is 0 Å². The van der Waals surface area contributed by atoms with Gasteiger partial charge in [0.25, 0.3) is 0 Å². The van der Waals surface area contributed by atoms with Gasteiger partial charge in [0.15, 0.2) is 6.10 Å². The normalized spacial score (nSPS) is 23.6. The van der Waals surface area contributed by atoms with Crippen molar-refractivity contribution in [3.63, 3.8) is 0 Å². The van der Waals surface area contributed by atoms with Gasteiger partial charge in [-0.15, -0.1) is 0 Å². The Morgan fingerprint density at radius 1 is 1.41 bits per heavy atom. The maximum atomic E-state index is 11.6. The zero-order valence-corrected chi connectivity index (χ0v) is 10.8. The third kappa shape index (κ3) is 4.95. The van der Waals surface area contributed by atoms with Crippen LogP contribution in [0.3, 0.4) is 0 Å². The van der Waals surface area contributed by atoms with Crippen molar-refractivity contribution in [1.29, 1.82) is 0 Å². The monoisotopic (exact) mass is 261 g/mol. The average Bonchev–Trinajstić information content (AvgIpc) is 2.78. The Balaban J connectivity index is 2.14. The molecular formula is C11H19NO4S. The summed E-state index contributed by atoms with van der Waals surface area (Å²) in [5.41, 5.74) is 0. The van der Waals surface area contributed by atoms with Crippen molar-refractivity contribution in [1.82, 2.24) is 5.32 Å².